The molecule has 7 nitrogen and oxygen atoms in total. The second kappa shape index (κ2) is 8.51. The zero-order valence-corrected chi connectivity index (χ0v) is 18.6. The molecule has 176 valence electrons. The first kappa shape index (κ1) is 22.0. The first-order valence-corrected chi connectivity index (χ1v) is 10.8. The van der Waals surface area contributed by atoms with Gasteiger partial charge in [0.25, 0.3) is 0 Å². The molecule has 3 heterocycles. The minimum absolute atomic E-state index is 0.225. The number of halogens is 3. The van der Waals surface area contributed by atoms with Crippen molar-refractivity contribution in [2.45, 2.75) is 38.4 Å². The van der Waals surface area contributed by atoms with Crippen molar-refractivity contribution in [3.05, 3.63) is 71.5 Å². The molecule has 0 saturated carbocycles. The molecule has 10 heteroatoms. The van der Waals surface area contributed by atoms with Gasteiger partial charge in [0.1, 0.15) is 11.6 Å². The molecule has 0 radical (unpaired) electrons. The number of nitrogens with one attached hydrogen (secondary N) is 1. The maximum Gasteiger partial charge on any atom is 0.416 e. The summed E-state index contributed by atoms with van der Waals surface area (Å²) < 4.78 is 53.6. The zero-order chi connectivity index (χ0) is 23.9. The van der Waals surface area contributed by atoms with Gasteiger partial charge in [0.2, 0.25) is 5.95 Å². The zero-order valence-electron chi connectivity index (χ0n) is 18.6. The first-order chi connectivity index (χ1) is 16.3. The summed E-state index contributed by atoms with van der Waals surface area (Å²) in [4.78, 5) is 8.69. The van der Waals surface area contributed by atoms with Crippen molar-refractivity contribution in [3.8, 4) is 17.1 Å². The highest BCUT2D eigenvalue weighted by Crippen LogP contribution is 2.41. The largest absolute Gasteiger partial charge is 0.496 e. The van der Waals surface area contributed by atoms with E-state index in [2.05, 4.69) is 20.4 Å². The lowest BCUT2D eigenvalue weighted by molar-refractivity contribution is -0.138. The standard InChI is InChI=1S/C24H22F3N5O2/c1-14-21(34-13-28-14)18-10-9-15(12-20(18)33-2)29-23-30-22-17(7-5-11-32(22)31-23)16-6-3-4-8-19(16)24(25,26)27/h3-4,6,8-10,12-13,17H,5,7,11H2,1-2H3,(H,29,31). The van der Waals surface area contributed by atoms with E-state index in [1.54, 1.807) is 23.9 Å². The maximum atomic E-state index is 13.6. The number of hydrogen-bond donors (Lipinski definition) is 1. The second-order valence-corrected chi connectivity index (χ2v) is 8.10. The molecule has 4 aromatic rings. The van der Waals surface area contributed by atoms with Gasteiger partial charge < -0.3 is 14.5 Å². The molecule has 0 amide bonds. The Balaban J connectivity index is 1.46. The predicted octanol–water partition coefficient (Wildman–Crippen LogP) is 5.94. The van der Waals surface area contributed by atoms with Crippen molar-refractivity contribution < 1.29 is 22.3 Å². The van der Waals surface area contributed by atoms with Gasteiger partial charge in [-0.05, 0) is 43.5 Å². The lowest BCUT2D eigenvalue weighted by Crippen LogP contribution is -2.21. The Labute approximate surface area is 193 Å². The van der Waals surface area contributed by atoms with E-state index in [0.29, 0.717) is 48.4 Å². The summed E-state index contributed by atoms with van der Waals surface area (Å²) in [6.07, 6.45) is -1.76. The molecular weight excluding hydrogens is 447 g/mol. The molecule has 1 aliphatic rings. The first-order valence-electron chi connectivity index (χ1n) is 10.8. The molecular formula is C24H22F3N5O2. The molecule has 1 atom stereocenters. The number of hydrogen-bond acceptors (Lipinski definition) is 6. The summed E-state index contributed by atoms with van der Waals surface area (Å²) in [6.45, 7) is 2.44. The third-order valence-electron chi connectivity index (χ3n) is 5.96. The van der Waals surface area contributed by atoms with Gasteiger partial charge in [-0.25, -0.2) is 9.67 Å². The van der Waals surface area contributed by atoms with Gasteiger partial charge in [-0.1, -0.05) is 18.2 Å². The molecule has 0 saturated heterocycles. The van der Waals surface area contributed by atoms with E-state index in [0.717, 1.165) is 17.3 Å². The molecule has 1 aliphatic heterocycles. The van der Waals surface area contributed by atoms with Crippen LogP contribution in [0.5, 0.6) is 5.75 Å². The number of oxazole rings is 1. The van der Waals surface area contributed by atoms with Crippen molar-refractivity contribution in [1.29, 1.82) is 0 Å². The van der Waals surface area contributed by atoms with Crippen molar-refractivity contribution >= 4 is 11.6 Å². The Kier molecular flexibility index (Phi) is 5.51. The SMILES string of the molecule is COc1cc(Nc2nc3n(n2)CCCC3c2ccccc2C(F)(F)F)ccc1-c1ocnc1C. The van der Waals surface area contributed by atoms with E-state index in [1.165, 1.54) is 18.5 Å². The number of aryl methyl sites for hydroxylation is 2. The van der Waals surface area contributed by atoms with E-state index < -0.39 is 17.7 Å². The monoisotopic (exact) mass is 469 g/mol. The number of ether oxygens (including phenoxy) is 1. The maximum absolute atomic E-state index is 13.6. The lowest BCUT2D eigenvalue weighted by Gasteiger charge is -2.25. The van der Waals surface area contributed by atoms with Crippen LogP contribution in [0.1, 0.15) is 41.4 Å². The Morgan fingerprint density at radius 2 is 2.00 bits per heavy atom. The quantitative estimate of drug-likeness (QED) is 0.390. The number of alkyl halides is 3. The Bertz CT molecular complexity index is 1330. The van der Waals surface area contributed by atoms with Crippen LogP contribution in [0.3, 0.4) is 0 Å². The highest BCUT2D eigenvalue weighted by molar-refractivity contribution is 5.72. The molecule has 0 spiro atoms. The minimum atomic E-state index is -4.43. The number of fused-ring (bicyclic) bond motifs is 1. The van der Waals surface area contributed by atoms with Crippen LogP contribution < -0.4 is 10.1 Å². The molecule has 2 aromatic heterocycles. The minimum Gasteiger partial charge on any atom is -0.496 e. The van der Waals surface area contributed by atoms with Gasteiger partial charge in [-0.15, -0.1) is 5.10 Å². The fourth-order valence-corrected chi connectivity index (χ4v) is 4.40. The van der Waals surface area contributed by atoms with E-state index >= 15 is 0 Å². The van der Waals surface area contributed by atoms with Crippen LogP contribution >= 0.6 is 0 Å². The summed E-state index contributed by atoms with van der Waals surface area (Å²) >= 11 is 0. The molecule has 0 fully saturated rings. The second-order valence-electron chi connectivity index (χ2n) is 8.10. The van der Waals surface area contributed by atoms with E-state index in [1.807, 2.05) is 19.1 Å². The number of aromatic nitrogens is 4. The summed E-state index contributed by atoms with van der Waals surface area (Å²) in [5.41, 5.74) is 1.77. The van der Waals surface area contributed by atoms with Gasteiger partial charge in [0, 0.05) is 24.2 Å². The van der Waals surface area contributed by atoms with Crippen LogP contribution in [0.25, 0.3) is 11.3 Å². The van der Waals surface area contributed by atoms with Crippen molar-refractivity contribution in [2.75, 3.05) is 12.4 Å². The third kappa shape index (κ3) is 4.00. The van der Waals surface area contributed by atoms with E-state index in [9.17, 15) is 13.2 Å². The molecule has 34 heavy (non-hydrogen) atoms. The average Bonchev–Trinajstić information content (AvgIpc) is 3.43. The number of nitrogens with zero attached hydrogens (tertiary/aromatic N) is 4. The summed E-state index contributed by atoms with van der Waals surface area (Å²) in [5, 5.41) is 7.65. The van der Waals surface area contributed by atoms with Gasteiger partial charge in [0.05, 0.1) is 23.9 Å². The smallest absolute Gasteiger partial charge is 0.416 e. The van der Waals surface area contributed by atoms with Gasteiger partial charge in [-0.2, -0.15) is 18.2 Å². The molecule has 5 rings (SSSR count). The van der Waals surface area contributed by atoms with Gasteiger partial charge in [-0.3, -0.25) is 0 Å². The van der Waals surface area contributed by atoms with Gasteiger partial charge >= 0.3 is 6.18 Å². The average molecular weight is 469 g/mol. The summed E-state index contributed by atoms with van der Waals surface area (Å²) in [7, 11) is 1.56. The highest BCUT2D eigenvalue weighted by atomic mass is 19.4. The summed E-state index contributed by atoms with van der Waals surface area (Å²) in [6, 6.07) is 11.1. The normalized spacial score (nSPS) is 15.7. The number of benzene rings is 2. The van der Waals surface area contributed by atoms with Crippen LogP contribution in [0, 0.1) is 6.92 Å². The van der Waals surface area contributed by atoms with Crippen molar-refractivity contribution in [1.82, 2.24) is 19.7 Å². The van der Waals surface area contributed by atoms with Crippen LogP contribution in [0.15, 0.2) is 53.3 Å². The van der Waals surface area contributed by atoms with Crippen LogP contribution in [-0.2, 0) is 12.7 Å². The molecule has 2 aromatic carbocycles. The predicted molar refractivity (Wildman–Crippen MR) is 119 cm³/mol. The van der Waals surface area contributed by atoms with Crippen LogP contribution in [0.4, 0.5) is 24.8 Å². The summed E-state index contributed by atoms with van der Waals surface area (Å²) in [5.74, 6) is 1.54. The molecule has 0 bridgehead atoms. The van der Waals surface area contributed by atoms with Gasteiger partial charge in [0.15, 0.2) is 12.2 Å². The fourth-order valence-electron chi connectivity index (χ4n) is 4.40. The fraction of sp³-hybridized carbons (Fsp3) is 0.292. The number of anilines is 2. The van der Waals surface area contributed by atoms with E-state index in [4.69, 9.17) is 9.15 Å². The Hall–Kier alpha value is -3.82. The lowest BCUT2D eigenvalue weighted by atomic mass is 9.88. The van der Waals surface area contributed by atoms with Crippen LogP contribution in [-0.4, -0.2) is 26.9 Å². The van der Waals surface area contributed by atoms with Crippen LogP contribution in [0.2, 0.25) is 0 Å². The third-order valence-corrected chi connectivity index (χ3v) is 5.96. The van der Waals surface area contributed by atoms with E-state index in [-0.39, 0.29) is 5.56 Å². The molecule has 0 aliphatic carbocycles. The topological polar surface area (TPSA) is 78.0 Å². The molecule has 1 unspecified atom stereocenters. The number of rotatable bonds is 5. The Morgan fingerprint density at radius 3 is 2.74 bits per heavy atom. The van der Waals surface area contributed by atoms with Crippen molar-refractivity contribution in [2.24, 2.45) is 0 Å². The molecule has 1 N–H and O–H groups in total. The highest BCUT2D eigenvalue weighted by Gasteiger charge is 2.37. The Morgan fingerprint density at radius 1 is 1.18 bits per heavy atom. The number of methoxy groups -OCH3 is 1. The van der Waals surface area contributed by atoms with Crippen molar-refractivity contribution in [3.63, 3.8) is 0 Å².